The van der Waals surface area contributed by atoms with Gasteiger partial charge in [-0.15, -0.1) is 0 Å². The zero-order chi connectivity index (χ0) is 14.9. The lowest BCUT2D eigenvalue weighted by Crippen LogP contribution is -2.14. The van der Waals surface area contributed by atoms with Crippen molar-refractivity contribution in [3.05, 3.63) is 51.2 Å². The van der Waals surface area contributed by atoms with Crippen molar-refractivity contribution in [2.45, 2.75) is 18.7 Å². The predicted molar refractivity (Wildman–Crippen MR) is 83.7 cm³/mol. The van der Waals surface area contributed by atoms with Crippen molar-refractivity contribution >= 4 is 43.2 Å². The fourth-order valence-corrected chi connectivity index (χ4v) is 4.10. The Balaban J connectivity index is 2.44. The van der Waals surface area contributed by atoms with Crippen LogP contribution in [0.3, 0.4) is 0 Å². The Morgan fingerprint density at radius 1 is 1.25 bits per heavy atom. The topological polar surface area (TPSA) is 59.1 Å². The van der Waals surface area contributed by atoms with Gasteiger partial charge in [-0.25, -0.2) is 13.4 Å². The number of nitrogens with one attached hydrogen (secondary N) is 1. The molecule has 0 fully saturated rings. The largest absolute Gasteiger partial charge is 0.278 e. The number of halogens is 2. The minimum absolute atomic E-state index is 0.0735. The van der Waals surface area contributed by atoms with Gasteiger partial charge in [0.15, 0.2) is 0 Å². The third kappa shape index (κ3) is 3.31. The molecule has 1 aromatic carbocycles. The van der Waals surface area contributed by atoms with Gasteiger partial charge in [0.2, 0.25) is 0 Å². The zero-order valence-corrected chi connectivity index (χ0v) is 14.0. The van der Waals surface area contributed by atoms with E-state index in [1.54, 1.807) is 0 Å². The van der Waals surface area contributed by atoms with E-state index in [0.717, 1.165) is 11.1 Å². The van der Waals surface area contributed by atoms with E-state index in [1.165, 1.54) is 18.3 Å². The van der Waals surface area contributed by atoms with Crippen LogP contribution in [0.15, 0.2) is 39.8 Å². The second-order valence-corrected chi connectivity index (χ2v) is 7.28. The summed E-state index contributed by atoms with van der Waals surface area (Å²) in [6.45, 7) is 3.79. The molecule has 106 valence electrons. The average Bonchev–Trinajstić information content (AvgIpc) is 2.34. The molecule has 20 heavy (non-hydrogen) atoms. The van der Waals surface area contributed by atoms with Crippen molar-refractivity contribution in [1.29, 1.82) is 0 Å². The summed E-state index contributed by atoms with van der Waals surface area (Å²) in [6, 6.07) is 6.46. The monoisotopic (exact) mass is 374 g/mol. The molecule has 0 aliphatic carbocycles. The summed E-state index contributed by atoms with van der Waals surface area (Å²) in [6.07, 6.45) is 1.36. The van der Waals surface area contributed by atoms with Crippen LogP contribution in [0, 0.1) is 13.8 Å². The first-order valence-electron chi connectivity index (χ1n) is 5.71. The van der Waals surface area contributed by atoms with E-state index < -0.39 is 10.0 Å². The molecule has 1 aromatic heterocycles. The van der Waals surface area contributed by atoms with Crippen molar-refractivity contribution in [2.24, 2.45) is 0 Å². The molecule has 2 aromatic rings. The van der Waals surface area contributed by atoms with Gasteiger partial charge in [-0.3, -0.25) is 4.72 Å². The minimum atomic E-state index is -3.70. The summed E-state index contributed by atoms with van der Waals surface area (Å²) >= 11 is 9.10. The fourth-order valence-electron chi connectivity index (χ4n) is 1.79. The molecule has 0 amide bonds. The summed E-state index contributed by atoms with van der Waals surface area (Å²) < 4.78 is 27.9. The van der Waals surface area contributed by atoms with Crippen LogP contribution in [0.25, 0.3) is 0 Å². The Hall–Kier alpha value is -1.11. The molecule has 0 saturated heterocycles. The van der Waals surface area contributed by atoms with E-state index in [0.29, 0.717) is 10.2 Å². The Bertz CT molecular complexity index is 740. The van der Waals surface area contributed by atoms with E-state index in [1.807, 2.05) is 26.0 Å². The summed E-state index contributed by atoms with van der Waals surface area (Å²) in [7, 11) is -3.70. The number of pyridine rings is 1. The van der Waals surface area contributed by atoms with E-state index in [2.05, 4.69) is 25.6 Å². The molecule has 0 saturated carbocycles. The molecular weight excluding hydrogens is 364 g/mol. The number of aryl methyl sites for hydroxylation is 2. The van der Waals surface area contributed by atoms with E-state index >= 15 is 0 Å². The molecule has 1 N–H and O–H groups in total. The molecule has 0 bridgehead atoms. The number of rotatable bonds is 3. The van der Waals surface area contributed by atoms with Gasteiger partial charge in [-0.05, 0) is 59.1 Å². The predicted octanol–water partition coefficient (Wildman–Crippen LogP) is 3.92. The maximum Gasteiger partial charge on any atom is 0.262 e. The second kappa shape index (κ2) is 5.71. The highest BCUT2D eigenvalue weighted by atomic mass is 79.9. The summed E-state index contributed by atoms with van der Waals surface area (Å²) in [4.78, 5) is 3.84. The van der Waals surface area contributed by atoms with E-state index in [9.17, 15) is 8.42 Å². The van der Waals surface area contributed by atoms with Gasteiger partial charge in [0.05, 0.1) is 10.6 Å². The number of nitrogens with zero attached hydrogens (tertiary/aromatic N) is 1. The molecule has 0 spiro atoms. The van der Waals surface area contributed by atoms with Crippen LogP contribution in [-0.4, -0.2) is 13.4 Å². The standard InChI is InChI=1S/C13H12BrClN2O2S/c1-8-5-9(2)13(11(14)6-8)17-20(18,19)10-3-4-16-12(15)7-10/h3-7,17H,1-2H3. The molecule has 7 heteroatoms. The van der Waals surface area contributed by atoms with Crippen LogP contribution < -0.4 is 4.72 Å². The summed E-state index contributed by atoms with van der Waals surface area (Å²) in [5.41, 5.74) is 2.40. The first-order chi connectivity index (χ1) is 9.29. The summed E-state index contributed by atoms with van der Waals surface area (Å²) in [5, 5.41) is 0.132. The highest BCUT2D eigenvalue weighted by molar-refractivity contribution is 9.10. The second-order valence-electron chi connectivity index (χ2n) is 4.36. The van der Waals surface area contributed by atoms with E-state index in [-0.39, 0.29) is 10.0 Å². The van der Waals surface area contributed by atoms with Gasteiger partial charge in [0.1, 0.15) is 5.15 Å². The van der Waals surface area contributed by atoms with Gasteiger partial charge in [-0.2, -0.15) is 0 Å². The van der Waals surface area contributed by atoms with Gasteiger partial charge >= 0.3 is 0 Å². The van der Waals surface area contributed by atoms with Crippen LogP contribution in [-0.2, 0) is 10.0 Å². The fraction of sp³-hybridized carbons (Fsp3) is 0.154. The smallest absolute Gasteiger partial charge is 0.262 e. The van der Waals surface area contributed by atoms with Gasteiger partial charge in [0, 0.05) is 10.7 Å². The summed E-state index contributed by atoms with van der Waals surface area (Å²) in [5.74, 6) is 0. The first kappa shape index (κ1) is 15.3. The normalized spacial score (nSPS) is 11.4. The van der Waals surface area contributed by atoms with Crippen molar-refractivity contribution in [1.82, 2.24) is 4.98 Å². The number of hydrogen-bond donors (Lipinski definition) is 1. The molecular formula is C13H12BrClN2O2S. The van der Waals surface area contributed by atoms with Gasteiger partial charge in [-0.1, -0.05) is 17.7 Å². The van der Waals surface area contributed by atoms with Crippen LogP contribution in [0.4, 0.5) is 5.69 Å². The highest BCUT2D eigenvalue weighted by Gasteiger charge is 2.17. The SMILES string of the molecule is Cc1cc(C)c(NS(=O)(=O)c2ccnc(Cl)c2)c(Br)c1. The van der Waals surface area contributed by atoms with Crippen LogP contribution >= 0.6 is 27.5 Å². The van der Waals surface area contributed by atoms with Gasteiger partial charge in [0.25, 0.3) is 10.0 Å². The molecule has 1 heterocycles. The molecule has 0 atom stereocenters. The molecule has 2 rings (SSSR count). The van der Waals surface area contributed by atoms with Crippen molar-refractivity contribution in [3.8, 4) is 0 Å². The maximum absolute atomic E-state index is 12.3. The lowest BCUT2D eigenvalue weighted by molar-refractivity contribution is 0.601. The third-order valence-electron chi connectivity index (χ3n) is 2.68. The lowest BCUT2D eigenvalue weighted by atomic mass is 10.1. The Morgan fingerprint density at radius 2 is 1.95 bits per heavy atom. The zero-order valence-electron chi connectivity index (χ0n) is 10.8. The lowest BCUT2D eigenvalue weighted by Gasteiger charge is -2.13. The quantitative estimate of drug-likeness (QED) is 0.827. The molecule has 0 unspecified atom stereocenters. The maximum atomic E-state index is 12.3. The van der Waals surface area contributed by atoms with Crippen molar-refractivity contribution in [3.63, 3.8) is 0 Å². The van der Waals surface area contributed by atoms with E-state index in [4.69, 9.17) is 11.6 Å². The van der Waals surface area contributed by atoms with Crippen molar-refractivity contribution < 1.29 is 8.42 Å². The van der Waals surface area contributed by atoms with Crippen LogP contribution in [0.2, 0.25) is 5.15 Å². The Labute approximate surface area is 131 Å². The van der Waals surface area contributed by atoms with Crippen LogP contribution in [0.5, 0.6) is 0 Å². The molecule has 0 radical (unpaired) electrons. The number of hydrogen-bond acceptors (Lipinski definition) is 3. The molecule has 4 nitrogen and oxygen atoms in total. The average molecular weight is 376 g/mol. The first-order valence-corrected chi connectivity index (χ1v) is 8.36. The number of benzene rings is 1. The number of anilines is 1. The van der Waals surface area contributed by atoms with Gasteiger partial charge < -0.3 is 0 Å². The Morgan fingerprint density at radius 3 is 2.55 bits per heavy atom. The third-order valence-corrected chi connectivity index (χ3v) is 4.86. The minimum Gasteiger partial charge on any atom is -0.278 e. The Kier molecular flexibility index (Phi) is 4.36. The van der Waals surface area contributed by atoms with Crippen molar-refractivity contribution in [2.75, 3.05) is 4.72 Å². The van der Waals surface area contributed by atoms with Crippen LogP contribution in [0.1, 0.15) is 11.1 Å². The number of aromatic nitrogens is 1. The molecule has 0 aliphatic rings. The molecule has 0 aliphatic heterocycles. The number of sulfonamides is 1. The highest BCUT2D eigenvalue weighted by Crippen LogP contribution is 2.30.